The zero-order valence-corrected chi connectivity index (χ0v) is 22.5. The van der Waals surface area contributed by atoms with Crippen molar-refractivity contribution >= 4 is 39.1 Å². The van der Waals surface area contributed by atoms with Crippen molar-refractivity contribution in [3.63, 3.8) is 0 Å². The van der Waals surface area contributed by atoms with Crippen LogP contribution in [0.1, 0.15) is 45.6 Å². The van der Waals surface area contributed by atoms with Gasteiger partial charge in [-0.15, -0.1) is 0 Å². The van der Waals surface area contributed by atoms with Gasteiger partial charge in [0.05, 0.1) is 11.9 Å². The van der Waals surface area contributed by atoms with Crippen molar-refractivity contribution in [3.05, 3.63) is 65.2 Å². The lowest BCUT2D eigenvalue weighted by molar-refractivity contribution is -0.141. The van der Waals surface area contributed by atoms with Gasteiger partial charge in [0.2, 0.25) is 21.8 Å². The second-order valence-electron chi connectivity index (χ2n) is 8.95. The fourth-order valence-electron chi connectivity index (χ4n) is 3.75. The highest BCUT2D eigenvalue weighted by molar-refractivity contribution is 7.92. The van der Waals surface area contributed by atoms with Crippen LogP contribution in [-0.4, -0.2) is 50.5 Å². The Hall–Kier alpha value is -2.58. The maximum absolute atomic E-state index is 13.4. The van der Waals surface area contributed by atoms with Crippen molar-refractivity contribution in [3.8, 4) is 0 Å². The van der Waals surface area contributed by atoms with Crippen LogP contribution in [0, 0.1) is 5.92 Å². The SMILES string of the molecule is CCC(C(=O)NCC(C)C)N(Cc1ccccc1Cl)C(=O)CCCN(c1ccccc1)S(C)(=O)=O. The van der Waals surface area contributed by atoms with Crippen LogP contribution in [-0.2, 0) is 26.2 Å². The summed E-state index contributed by atoms with van der Waals surface area (Å²) in [4.78, 5) is 27.9. The second kappa shape index (κ2) is 13.5. The van der Waals surface area contributed by atoms with Crippen LogP contribution in [0.25, 0.3) is 0 Å². The Bertz CT molecular complexity index is 1080. The van der Waals surface area contributed by atoms with Crippen molar-refractivity contribution in [2.45, 2.75) is 52.6 Å². The molecule has 2 aromatic rings. The van der Waals surface area contributed by atoms with Gasteiger partial charge in [-0.1, -0.05) is 68.8 Å². The fourth-order valence-corrected chi connectivity index (χ4v) is 4.91. The molecule has 1 atom stereocenters. The highest BCUT2D eigenvalue weighted by Gasteiger charge is 2.29. The Morgan fingerprint density at radius 3 is 2.23 bits per heavy atom. The number of rotatable bonds is 13. The number of para-hydroxylation sites is 1. The predicted molar refractivity (Wildman–Crippen MR) is 142 cm³/mol. The van der Waals surface area contributed by atoms with Crippen LogP contribution in [0.2, 0.25) is 5.02 Å². The molecule has 0 bridgehead atoms. The number of hydrogen-bond donors (Lipinski definition) is 1. The largest absolute Gasteiger partial charge is 0.354 e. The van der Waals surface area contributed by atoms with Gasteiger partial charge in [-0.2, -0.15) is 0 Å². The highest BCUT2D eigenvalue weighted by Crippen LogP contribution is 2.22. The molecule has 1 unspecified atom stereocenters. The molecule has 0 spiro atoms. The Morgan fingerprint density at radius 1 is 1.03 bits per heavy atom. The molecule has 7 nitrogen and oxygen atoms in total. The topological polar surface area (TPSA) is 86.8 Å². The first-order chi connectivity index (χ1) is 16.5. The molecule has 0 saturated heterocycles. The van der Waals surface area contributed by atoms with E-state index in [1.165, 1.54) is 4.31 Å². The van der Waals surface area contributed by atoms with Gasteiger partial charge in [0.1, 0.15) is 6.04 Å². The summed E-state index contributed by atoms with van der Waals surface area (Å²) in [7, 11) is -3.51. The molecule has 0 aliphatic heterocycles. The fraction of sp³-hybridized carbons (Fsp3) is 0.462. The van der Waals surface area contributed by atoms with Gasteiger partial charge < -0.3 is 10.2 Å². The lowest BCUT2D eigenvalue weighted by Gasteiger charge is -2.31. The summed E-state index contributed by atoms with van der Waals surface area (Å²) in [6, 6.07) is 15.4. The molecule has 0 aromatic heterocycles. The van der Waals surface area contributed by atoms with Crippen molar-refractivity contribution in [2.24, 2.45) is 5.92 Å². The van der Waals surface area contributed by atoms with E-state index in [-0.39, 0.29) is 37.2 Å². The van der Waals surface area contributed by atoms with Gasteiger partial charge in [-0.25, -0.2) is 8.42 Å². The van der Waals surface area contributed by atoms with Crippen LogP contribution in [0.4, 0.5) is 5.69 Å². The smallest absolute Gasteiger partial charge is 0.242 e. The molecule has 2 rings (SSSR count). The molecule has 9 heteroatoms. The molecule has 2 amide bonds. The maximum Gasteiger partial charge on any atom is 0.242 e. The third kappa shape index (κ3) is 8.85. The third-order valence-corrected chi connectivity index (χ3v) is 7.13. The highest BCUT2D eigenvalue weighted by atomic mass is 35.5. The summed E-state index contributed by atoms with van der Waals surface area (Å²) in [6.45, 7) is 6.75. The number of benzene rings is 2. The van der Waals surface area contributed by atoms with Crippen molar-refractivity contribution in [1.29, 1.82) is 0 Å². The quantitative estimate of drug-likeness (QED) is 0.421. The summed E-state index contributed by atoms with van der Waals surface area (Å²) in [6.07, 6.45) is 2.00. The Morgan fingerprint density at radius 2 is 1.66 bits per heavy atom. The summed E-state index contributed by atoms with van der Waals surface area (Å²) in [5.74, 6) is -0.147. The van der Waals surface area contributed by atoms with Crippen LogP contribution in [0.3, 0.4) is 0 Å². The number of amides is 2. The van der Waals surface area contributed by atoms with Crippen LogP contribution in [0.15, 0.2) is 54.6 Å². The molecule has 0 heterocycles. The molecule has 1 N–H and O–H groups in total. The monoisotopic (exact) mass is 521 g/mol. The van der Waals surface area contributed by atoms with E-state index in [2.05, 4.69) is 5.32 Å². The average molecular weight is 522 g/mol. The van der Waals surface area contributed by atoms with E-state index in [9.17, 15) is 18.0 Å². The Balaban J connectivity index is 2.20. The molecular formula is C26H36ClN3O4S. The maximum atomic E-state index is 13.4. The minimum atomic E-state index is -3.51. The number of halogens is 1. The summed E-state index contributed by atoms with van der Waals surface area (Å²) >= 11 is 6.36. The van der Waals surface area contributed by atoms with Crippen LogP contribution >= 0.6 is 11.6 Å². The first-order valence-electron chi connectivity index (χ1n) is 11.9. The molecule has 35 heavy (non-hydrogen) atoms. The minimum Gasteiger partial charge on any atom is -0.354 e. The zero-order valence-electron chi connectivity index (χ0n) is 20.9. The van der Waals surface area contributed by atoms with Gasteiger partial charge in [0.15, 0.2) is 0 Å². The van der Waals surface area contributed by atoms with E-state index in [1.807, 2.05) is 45.0 Å². The number of carbonyl (C=O) groups is 2. The minimum absolute atomic E-state index is 0.0945. The van der Waals surface area contributed by atoms with Crippen molar-refractivity contribution in [1.82, 2.24) is 10.2 Å². The molecule has 192 valence electrons. The van der Waals surface area contributed by atoms with E-state index in [0.29, 0.717) is 30.1 Å². The van der Waals surface area contributed by atoms with Gasteiger partial charge in [-0.3, -0.25) is 13.9 Å². The average Bonchev–Trinajstić information content (AvgIpc) is 2.81. The molecule has 2 aromatic carbocycles. The Kier molecular flexibility index (Phi) is 11.0. The first kappa shape index (κ1) is 28.7. The molecular weight excluding hydrogens is 486 g/mol. The third-order valence-electron chi connectivity index (χ3n) is 5.57. The van der Waals surface area contributed by atoms with E-state index in [0.717, 1.165) is 11.8 Å². The number of nitrogens with one attached hydrogen (secondary N) is 1. The molecule has 0 saturated carbocycles. The number of sulfonamides is 1. The molecule has 0 aliphatic carbocycles. The molecule has 0 aliphatic rings. The van der Waals surface area contributed by atoms with Gasteiger partial charge in [0, 0.05) is 31.1 Å². The van der Waals surface area contributed by atoms with E-state index in [1.54, 1.807) is 35.2 Å². The van der Waals surface area contributed by atoms with Crippen molar-refractivity contribution in [2.75, 3.05) is 23.7 Å². The zero-order chi connectivity index (χ0) is 26.0. The number of carbonyl (C=O) groups excluding carboxylic acids is 2. The van der Waals surface area contributed by atoms with Crippen LogP contribution in [0.5, 0.6) is 0 Å². The molecule has 0 radical (unpaired) electrons. The van der Waals surface area contributed by atoms with E-state index >= 15 is 0 Å². The number of nitrogens with zero attached hydrogens (tertiary/aromatic N) is 2. The second-order valence-corrected chi connectivity index (χ2v) is 11.3. The summed E-state index contributed by atoms with van der Waals surface area (Å²) < 4.78 is 26.0. The van der Waals surface area contributed by atoms with Gasteiger partial charge >= 0.3 is 0 Å². The van der Waals surface area contributed by atoms with Crippen LogP contribution < -0.4 is 9.62 Å². The normalized spacial score (nSPS) is 12.3. The summed E-state index contributed by atoms with van der Waals surface area (Å²) in [5, 5.41) is 3.45. The lowest BCUT2D eigenvalue weighted by atomic mass is 10.1. The van der Waals surface area contributed by atoms with Gasteiger partial charge in [0.25, 0.3) is 0 Å². The summed E-state index contributed by atoms with van der Waals surface area (Å²) in [5.41, 5.74) is 1.30. The lowest BCUT2D eigenvalue weighted by Crippen LogP contribution is -2.49. The predicted octanol–water partition coefficient (Wildman–Crippen LogP) is 4.47. The van der Waals surface area contributed by atoms with E-state index < -0.39 is 16.1 Å². The van der Waals surface area contributed by atoms with E-state index in [4.69, 9.17) is 11.6 Å². The number of anilines is 1. The van der Waals surface area contributed by atoms with Gasteiger partial charge in [-0.05, 0) is 42.5 Å². The number of hydrogen-bond acceptors (Lipinski definition) is 4. The standard InChI is InChI=1S/C26H36ClN3O4S/c1-5-24(26(32)28-18-20(2)3)29(19-21-12-9-10-15-23(21)27)25(31)16-11-17-30(35(4,33)34)22-13-7-6-8-14-22/h6-10,12-15,20,24H,5,11,16-19H2,1-4H3,(H,28,32). The Labute approximate surface area is 214 Å². The molecule has 0 fully saturated rings. The first-order valence-corrected chi connectivity index (χ1v) is 14.1. The van der Waals surface area contributed by atoms with Crippen molar-refractivity contribution < 1.29 is 18.0 Å².